The van der Waals surface area contributed by atoms with Crippen molar-refractivity contribution in [3.63, 3.8) is 0 Å². The van der Waals surface area contributed by atoms with Crippen molar-refractivity contribution in [3.05, 3.63) is 18.2 Å². The molecule has 1 aromatic rings. The second kappa shape index (κ2) is 8.77. The highest BCUT2D eigenvalue weighted by Gasteiger charge is 2.23. The van der Waals surface area contributed by atoms with Gasteiger partial charge >= 0.3 is 0 Å². The van der Waals surface area contributed by atoms with Crippen LogP contribution >= 0.6 is 0 Å². The Morgan fingerprint density at radius 1 is 1.12 bits per heavy atom. The Morgan fingerprint density at radius 2 is 1.75 bits per heavy atom. The lowest BCUT2D eigenvalue weighted by molar-refractivity contribution is -0.130. The van der Waals surface area contributed by atoms with E-state index in [1.807, 2.05) is 13.8 Å². The fourth-order valence-electron chi connectivity index (χ4n) is 2.39. The Bertz CT molecular complexity index is 656. The van der Waals surface area contributed by atoms with Crippen LogP contribution in [0.1, 0.15) is 20.3 Å². The normalized spacial score (nSPS) is 11.0. The van der Waals surface area contributed by atoms with E-state index in [4.69, 9.17) is 9.47 Å². The largest absolute Gasteiger partial charge is 0.497 e. The molecule has 0 spiro atoms. The standard InChI is InChI=1S/C16H26N2O5S/c1-6-17(7-2)16(19)10-11-18(24(5,20)21)14-12-13(22-3)8-9-15(14)23-4/h8-9,12H,6-7,10-11H2,1-5H3. The molecule has 0 saturated heterocycles. The first-order chi connectivity index (χ1) is 11.3. The highest BCUT2D eigenvalue weighted by molar-refractivity contribution is 7.92. The van der Waals surface area contributed by atoms with Crippen LogP contribution in [0.4, 0.5) is 5.69 Å². The summed E-state index contributed by atoms with van der Waals surface area (Å²) in [6.07, 6.45) is 1.20. The van der Waals surface area contributed by atoms with Gasteiger partial charge in [0.15, 0.2) is 0 Å². The molecule has 0 aliphatic carbocycles. The Morgan fingerprint density at radius 3 is 2.21 bits per heavy atom. The summed E-state index contributed by atoms with van der Waals surface area (Å²) in [6, 6.07) is 4.91. The number of rotatable bonds is 9. The van der Waals surface area contributed by atoms with Gasteiger partial charge in [-0.05, 0) is 26.0 Å². The molecule has 1 aromatic carbocycles. The van der Waals surface area contributed by atoms with Crippen LogP contribution in [0.25, 0.3) is 0 Å². The monoisotopic (exact) mass is 358 g/mol. The summed E-state index contributed by atoms with van der Waals surface area (Å²) >= 11 is 0. The topological polar surface area (TPSA) is 76.2 Å². The third-order valence-electron chi connectivity index (χ3n) is 3.70. The third kappa shape index (κ3) is 5.02. The highest BCUT2D eigenvalue weighted by atomic mass is 32.2. The molecule has 1 rings (SSSR count). The van der Waals surface area contributed by atoms with Crippen LogP contribution in [0, 0.1) is 0 Å². The van der Waals surface area contributed by atoms with E-state index in [9.17, 15) is 13.2 Å². The fourth-order valence-corrected chi connectivity index (χ4v) is 3.31. The number of amides is 1. The van der Waals surface area contributed by atoms with Gasteiger partial charge in [0, 0.05) is 32.1 Å². The minimum Gasteiger partial charge on any atom is -0.497 e. The zero-order chi connectivity index (χ0) is 18.3. The number of benzene rings is 1. The molecule has 0 unspecified atom stereocenters. The van der Waals surface area contributed by atoms with Gasteiger partial charge in [0.1, 0.15) is 11.5 Å². The summed E-state index contributed by atoms with van der Waals surface area (Å²) in [4.78, 5) is 13.9. The first kappa shape index (κ1) is 20.1. The molecule has 136 valence electrons. The molecule has 0 N–H and O–H groups in total. The quantitative estimate of drug-likeness (QED) is 0.672. The molecule has 7 nitrogen and oxygen atoms in total. The lowest BCUT2D eigenvalue weighted by Crippen LogP contribution is -2.36. The number of methoxy groups -OCH3 is 2. The van der Waals surface area contributed by atoms with Crippen molar-refractivity contribution in [1.82, 2.24) is 4.90 Å². The summed E-state index contributed by atoms with van der Waals surface area (Å²) in [5.41, 5.74) is 0.353. The molecule has 0 saturated carbocycles. The Balaban J connectivity index is 3.14. The van der Waals surface area contributed by atoms with Crippen LogP contribution in [0.15, 0.2) is 18.2 Å². The van der Waals surface area contributed by atoms with E-state index in [0.29, 0.717) is 30.3 Å². The minimum absolute atomic E-state index is 0.0394. The maximum Gasteiger partial charge on any atom is 0.232 e. The summed E-state index contributed by atoms with van der Waals surface area (Å²) in [7, 11) is -0.618. The van der Waals surface area contributed by atoms with Gasteiger partial charge in [0.05, 0.1) is 26.2 Å². The molecule has 0 aliphatic rings. The van der Waals surface area contributed by atoms with Crippen molar-refractivity contribution in [2.75, 3.05) is 44.4 Å². The smallest absolute Gasteiger partial charge is 0.232 e. The second-order valence-corrected chi connectivity index (χ2v) is 7.10. The molecule has 0 aromatic heterocycles. The lowest BCUT2D eigenvalue weighted by atomic mass is 10.2. The molecule has 1 amide bonds. The van der Waals surface area contributed by atoms with Crippen molar-refractivity contribution in [2.24, 2.45) is 0 Å². The SMILES string of the molecule is CCN(CC)C(=O)CCN(c1cc(OC)ccc1OC)S(C)(=O)=O. The molecular weight excluding hydrogens is 332 g/mol. The predicted molar refractivity (Wildman–Crippen MR) is 94.3 cm³/mol. The Labute approximate surface area is 144 Å². The maximum absolute atomic E-state index is 12.2. The number of nitrogens with zero attached hydrogens (tertiary/aromatic N) is 2. The first-order valence-corrected chi connectivity index (χ1v) is 9.60. The van der Waals surface area contributed by atoms with Gasteiger partial charge in [-0.2, -0.15) is 0 Å². The molecule has 0 fully saturated rings. The van der Waals surface area contributed by atoms with E-state index in [1.54, 1.807) is 23.1 Å². The van der Waals surface area contributed by atoms with E-state index in [-0.39, 0.29) is 18.9 Å². The number of ether oxygens (including phenoxy) is 2. The zero-order valence-electron chi connectivity index (χ0n) is 14.9. The van der Waals surface area contributed by atoms with Gasteiger partial charge in [-0.15, -0.1) is 0 Å². The molecule has 0 radical (unpaired) electrons. The van der Waals surface area contributed by atoms with Crippen molar-refractivity contribution in [3.8, 4) is 11.5 Å². The van der Waals surface area contributed by atoms with E-state index < -0.39 is 10.0 Å². The van der Waals surface area contributed by atoms with Gasteiger partial charge in [-0.1, -0.05) is 0 Å². The number of hydrogen-bond donors (Lipinski definition) is 0. The average molecular weight is 358 g/mol. The van der Waals surface area contributed by atoms with Gasteiger partial charge in [-0.3, -0.25) is 9.10 Å². The van der Waals surface area contributed by atoms with Crippen LogP contribution in [0.2, 0.25) is 0 Å². The Kier molecular flexibility index (Phi) is 7.34. The summed E-state index contributed by atoms with van der Waals surface area (Å²) in [6.45, 7) is 5.01. The van der Waals surface area contributed by atoms with E-state index in [1.165, 1.54) is 18.5 Å². The van der Waals surface area contributed by atoms with Gasteiger partial charge in [-0.25, -0.2) is 8.42 Å². The average Bonchev–Trinajstić information content (AvgIpc) is 2.54. The number of sulfonamides is 1. The van der Waals surface area contributed by atoms with Gasteiger partial charge < -0.3 is 14.4 Å². The van der Waals surface area contributed by atoms with Crippen molar-refractivity contribution in [2.45, 2.75) is 20.3 Å². The number of anilines is 1. The molecule has 0 heterocycles. The van der Waals surface area contributed by atoms with Crippen LogP contribution in [0.3, 0.4) is 0 Å². The summed E-state index contributed by atoms with van der Waals surface area (Å²) in [5.74, 6) is 0.821. The van der Waals surface area contributed by atoms with Crippen LogP contribution < -0.4 is 13.8 Å². The van der Waals surface area contributed by atoms with Gasteiger partial charge in [0.25, 0.3) is 0 Å². The third-order valence-corrected chi connectivity index (χ3v) is 4.88. The predicted octanol–water partition coefficient (Wildman–Crippen LogP) is 1.73. The minimum atomic E-state index is -3.58. The number of carbonyl (C=O) groups is 1. The summed E-state index contributed by atoms with van der Waals surface area (Å²) < 4.78 is 36.1. The van der Waals surface area contributed by atoms with Crippen LogP contribution in [0.5, 0.6) is 11.5 Å². The van der Waals surface area contributed by atoms with E-state index in [0.717, 1.165) is 6.26 Å². The van der Waals surface area contributed by atoms with Crippen molar-refractivity contribution >= 4 is 21.6 Å². The lowest BCUT2D eigenvalue weighted by Gasteiger charge is -2.26. The molecule has 0 bridgehead atoms. The van der Waals surface area contributed by atoms with E-state index >= 15 is 0 Å². The van der Waals surface area contributed by atoms with Crippen LogP contribution in [-0.2, 0) is 14.8 Å². The summed E-state index contributed by atoms with van der Waals surface area (Å²) in [5, 5.41) is 0. The second-order valence-electron chi connectivity index (χ2n) is 5.19. The number of hydrogen-bond acceptors (Lipinski definition) is 5. The first-order valence-electron chi connectivity index (χ1n) is 7.75. The molecule has 8 heteroatoms. The van der Waals surface area contributed by atoms with E-state index in [2.05, 4.69) is 0 Å². The van der Waals surface area contributed by atoms with Crippen LogP contribution in [-0.4, -0.2) is 59.3 Å². The van der Waals surface area contributed by atoms with Crippen molar-refractivity contribution < 1.29 is 22.7 Å². The Hall–Kier alpha value is -1.96. The van der Waals surface area contributed by atoms with Crippen molar-refractivity contribution in [1.29, 1.82) is 0 Å². The molecule has 24 heavy (non-hydrogen) atoms. The number of carbonyl (C=O) groups excluding carboxylic acids is 1. The molecule has 0 atom stereocenters. The molecule has 0 aliphatic heterocycles. The van der Waals surface area contributed by atoms with Gasteiger partial charge in [0.2, 0.25) is 15.9 Å². The molecular formula is C16H26N2O5S. The highest BCUT2D eigenvalue weighted by Crippen LogP contribution is 2.33. The zero-order valence-corrected chi connectivity index (χ0v) is 15.7. The fraction of sp³-hybridized carbons (Fsp3) is 0.562. The maximum atomic E-state index is 12.2.